The number of thiophene rings is 1. The zero-order chi connectivity index (χ0) is 17.5. The first-order valence-electron chi connectivity index (χ1n) is 7.52. The molecule has 0 spiro atoms. The van der Waals surface area contributed by atoms with Crippen molar-refractivity contribution in [3.05, 3.63) is 57.8 Å². The second kappa shape index (κ2) is 8.54. The van der Waals surface area contributed by atoms with Crippen LogP contribution in [0.4, 0.5) is 8.78 Å². The molecule has 2 N–H and O–H groups in total. The van der Waals surface area contributed by atoms with E-state index in [1.165, 1.54) is 17.4 Å². The van der Waals surface area contributed by atoms with E-state index in [0.717, 1.165) is 12.1 Å². The molecule has 24 heavy (non-hydrogen) atoms. The molecule has 1 aromatic carbocycles. The van der Waals surface area contributed by atoms with Gasteiger partial charge in [0.25, 0.3) is 5.91 Å². The number of rotatable bonds is 7. The van der Waals surface area contributed by atoms with Crippen molar-refractivity contribution in [3.8, 4) is 0 Å². The van der Waals surface area contributed by atoms with Crippen LogP contribution in [0.3, 0.4) is 0 Å². The van der Waals surface area contributed by atoms with Gasteiger partial charge in [-0.2, -0.15) is 11.3 Å². The molecule has 2 amide bonds. The summed E-state index contributed by atoms with van der Waals surface area (Å²) in [5, 5.41) is 9.03. The molecule has 0 bridgehead atoms. The molecule has 2 aromatic rings. The Balaban J connectivity index is 1.71. The lowest BCUT2D eigenvalue weighted by molar-refractivity contribution is -0.121. The average Bonchev–Trinajstić information content (AvgIpc) is 3.08. The minimum Gasteiger partial charge on any atom is -0.352 e. The number of benzene rings is 1. The van der Waals surface area contributed by atoms with Crippen LogP contribution in [-0.4, -0.2) is 18.4 Å². The second-order valence-electron chi connectivity index (χ2n) is 5.33. The van der Waals surface area contributed by atoms with Gasteiger partial charge in [-0.05, 0) is 42.5 Å². The maximum atomic E-state index is 13.2. The predicted octanol–water partition coefficient (Wildman–Crippen LogP) is 3.41. The molecule has 0 saturated carbocycles. The number of carbonyl (C=O) groups excluding carboxylic acids is 2. The number of nitrogens with one attached hydrogen (secondary N) is 2. The highest BCUT2D eigenvalue weighted by Gasteiger charge is 2.12. The van der Waals surface area contributed by atoms with Crippen molar-refractivity contribution in [2.45, 2.75) is 25.8 Å². The van der Waals surface area contributed by atoms with Crippen molar-refractivity contribution in [1.29, 1.82) is 0 Å². The van der Waals surface area contributed by atoms with Crippen molar-refractivity contribution in [2.24, 2.45) is 0 Å². The first-order chi connectivity index (χ1) is 11.5. The molecule has 0 fully saturated rings. The highest BCUT2D eigenvalue weighted by atomic mass is 32.1. The minimum atomic E-state index is -0.940. The standard InChI is InChI=1S/C17H18F2N2O2S/c1-11(12-4-5-14(18)15(19)9-12)21-16(22)3-2-7-20-17(23)13-6-8-24-10-13/h4-6,8-11H,2-3,7H2,1H3,(H,20,23)(H,21,22). The fourth-order valence-corrected chi connectivity index (χ4v) is 2.76. The number of amides is 2. The van der Waals surface area contributed by atoms with Gasteiger partial charge >= 0.3 is 0 Å². The molecule has 4 nitrogen and oxygen atoms in total. The van der Waals surface area contributed by atoms with Crippen molar-refractivity contribution < 1.29 is 18.4 Å². The summed E-state index contributed by atoms with van der Waals surface area (Å²) in [6.07, 6.45) is 0.726. The Bertz CT molecular complexity index is 705. The van der Waals surface area contributed by atoms with Crippen LogP contribution in [0.2, 0.25) is 0 Å². The van der Waals surface area contributed by atoms with Crippen LogP contribution in [-0.2, 0) is 4.79 Å². The van der Waals surface area contributed by atoms with Crippen LogP contribution < -0.4 is 10.6 Å². The van der Waals surface area contributed by atoms with E-state index in [1.807, 2.05) is 5.38 Å². The molecule has 0 aliphatic rings. The maximum Gasteiger partial charge on any atom is 0.252 e. The van der Waals surface area contributed by atoms with E-state index in [0.29, 0.717) is 24.1 Å². The quantitative estimate of drug-likeness (QED) is 0.750. The molecular weight excluding hydrogens is 334 g/mol. The van der Waals surface area contributed by atoms with Gasteiger partial charge in [-0.15, -0.1) is 0 Å². The first kappa shape index (κ1) is 18.1. The molecule has 0 aliphatic carbocycles. The molecule has 0 saturated heterocycles. The van der Waals surface area contributed by atoms with Crippen molar-refractivity contribution in [3.63, 3.8) is 0 Å². The van der Waals surface area contributed by atoms with E-state index < -0.39 is 17.7 Å². The molecule has 1 atom stereocenters. The van der Waals surface area contributed by atoms with Gasteiger partial charge in [0, 0.05) is 23.9 Å². The summed E-state index contributed by atoms with van der Waals surface area (Å²) >= 11 is 1.44. The van der Waals surface area contributed by atoms with Crippen LogP contribution in [0, 0.1) is 11.6 Å². The first-order valence-corrected chi connectivity index (χ1v) is 8.46. The molecular formula is C17H18F2N2O2S. The molecule has 1 heterocycles. The molecule has 1 aromatic heterocycles. The van der Waals surface area contributed by atoms with Gasteiger partial charge in [-0.25, -0.2) is 8.78 Å². The smallest absolute Gasteiger partial charge is 0.252 e. The van der Waals surface area contributed by atoms with E-state index in [2.05, 4.69) is 10.6 Å². The average molecular weight is 352 g/mol. The lowest BCUT2D eigenvalue weighted by atomic mass is 10.1. The van der Waals surface area contributed by atoms with Gasteiger partial charge < -0.3 is 10.6 Å². The van der Waals surface area contributed by atoms with Crippen molar-refractivity contribution >= 4 is 23.2 Å². The van der Waals surface area contributed by atoms with E-state index >= 15 is 0 Å². The summed E-state index contributed by atoms with van der Waals surface area (Å²) in [5.41, 5.74) is 1.10. The third kappa shape index (κ3) is 5.13. The fourth-order valence-electron chi connectivity index (χ4n) is 2.13. The second-order valence-corrected chi connectivity index (χ2v) is 6.11. The monoisotopic (exact) mass is 352 g/mol. The normalized spacial score (nSPS) is 11.8. The Morgan fingerprint density at radius 3 is 2.67 bits per heavy atom. The van der Waals surface area contributed by atoms with Gasteiger partial charge in [0.05, 0.1) is 6.04 Å². The highest BCUT2D eigenvalue weighted by Crippen LogP contribution is 2.16. The number of carbonyl (C=O) groups is 2. The topological polar surface area (TPSA) is 58.2 Å². The molecule has 128 valence electrons. The van der Waals surface area contributed by atoms with Gasteiger partial charge in [0.15, 0.2) is 11.6 Å². The zero-order valence-electron chi connectivity index (χ0n) is 13.1. The Kier molecular flexibility index (Phi) is 6.43. The van der Waals surface area contributed by atoms with Gasteiger partial charge in [0.2, 0.25) is 5.91 Å². The van der Waals surface area contributed by atoms with E-state index in [4.69, 9.17) is 0 Å². The van der Waals surface area contributed by atoms with E-state index in [9.17, 15) is 18.4 Å². The third-order valence-corrected chi connectivity index (χ3v) is 4.15. The predicted molar refractivity (Wildman–Crippen MR) is 88.8 cm³/mol. The summed E-state index contributed by atoms with van der Waals surface area (Å²) in [5.74, 6) is -2.23. The van der Waals surface area contributed by atoms with Gasteiger partial charge in [-0.3, -0.25) is 9.59 Å². The molecule has 0 radical (unpaired) electrons. The summed E-state index contributed by atoms with van der Waals surface area (Å²) in [6, 6.07) is 4.85. The van der Waals surface area contributed by atoms with Crippen LogP contribution >= 0.6 is 11.3 Å². The molecule has 7 heteroatoms. The summed E-state index contributed by atoms with van der Waals surface area (Å²) in [6.45, 7) is 2.09. The van der Waals surface area contributed by atoms with E-state index in [-0.39, 0.29) is 18.2 Å². The Hall–Kier alpha value is -2.28. The summed E-state index contributed by atoms with van der Waals surface area (Å²) < 4.78 is 26.1. The van der Waals surface area contributed by atoms with Crippen LogP contribution in [0.25, 0.3) is 0 Å². The third-order valence-electron chi connectivity index (χ3n) is 3.47. The lowest BCUT2D eigenvalue weighted by Crippen LogP contribution is -2.29. The van der Waals surface area contributed by atoms with Gasteiger partial charge in [0.1, 0.15) is 0 Å². The summed E-state index contributed by atoms with van der Waals surface area (Å²) in [4.78, 5) is 23.6. The molecule has 0 aliphatic heterocycles. The number of halogens is 2. The van der Waals surface area contributed by atoms with Gasteiger partial charge in [-0.1, -0.05) is 6.07 Å². The number of hydrogen-bond acceptors (Lipinski definition) is 3. The van der Waals surface area contributed by atoms with Crippen LogP contribution in [0.5, 0.6) is 0 Å². The van der Waals surface area contributed by atoms with Crippen molar-refractivity contribution in [2.75, 3.05) is 6.54 Å². The highest BCUT2D eigenvalue weighted by molar-refractivity contribution is 7.08. The Morgan fingerprint density at radius 1 is 1.21 bits per heavy atom. The minimum absolute atomic E-state index is 0.160. The Morgan fingerprint density at radius 2 is 2.00 bits per heavy atom. The molecule has 1 unspecified atom stereocenters. The SMILES string of the molecule is CC(NC(=O)CCCNC(=O)c1ccsc1)c1ccc(F)c(F)c1. The fraction of sp³-hybridized carbons (Fsp3) is 0.294. The lowest BCUT2D eigenvalue weighted by Gasteiger charge is -2.14. The largest absolute Gasteiger partial charge is 0.352 e. The summed E-state index contributed by atoms with van der Waals surface area (Å²) in [7, 11) is 0. The van der Waals surface area contributed by atoms with Crippen LogP contribution in [0.1, 0.15) is 41.7 Å². The number of hydrogen-bond donors (Lipinski definition) is 2. The maximum absolute atomic E-state index is 13.2. The van der Waals surface area contributed by atoms with Crippen molar-refractivity contribution in [1.82, 2.24) is 10.6 Å². The van der Waals surface area contributed by atoms with E-state index in [1.54, 1.807) is 18.4 Å². The molecule has 2 rings (SSSR count). The Labute approximate surface area is 142 Å². The zero-order valence-corrected chi connectivity index (χ0v) is 14.0. The van der Waals surface area contributed by atoms with Crippen LogP contribution in [0.15, 0.2) is 35.0 Å².